The van der Waals surface area contributed by atoms with Crippen LogP contribution in [0.15, 0.2) is 46.3 Å². The Morgan fingerprint density at radius 1 is 1.26 bits per heavy atom. The van der Waals surface area contributed by atoms with Gasteiger partial charge in [-0.15, -0.1) is 0 Å². The average Bonchev–Trinajstić information content (AvgIpc) is 3.24. The summed E-state index contributed by atoms with van der Waals surface area (Å²) in [7, 11) is -0.557. The number of sulfonamides is 1. The van der Waals surface area contributed by atoms with Gasteiger partial charge in [0.1, 0.15) is 4.90 Å². The number of aryl methyl sites for hydroxylation is 2. The van der Waals surface area contributed by atoms with E-state index < -0.39 is 10.0 Å². The van der Waals surface area contributed by atoms with Crippen molar-refractivity contribution in [1.82, 2.24) is 24.1 Å². The quantitative estimate of drug-likeness (QED) is 0.560. The van der Waals surface area contributed by atoms with Crippen molar-refractivity contribution in [3.63, 3.8) is 0 Å². The maximum Gasteiger partial charge on any atom is 0.259 e. The van der Waals surface area contributed by atoms with Gasteiger partial charge in [0.15, 0.2) is 0 Å². The Morgan fingerprint density at radius 2 is 2.04 bits per heavy atom. The molecule has 0 aliphatic rings. The molecule has 0 spiro atoms. The normalized spacial score (nSPS) is 12.4. The van der Waals surface area contributed by atoms with E-state index in [-0.39, 0.29) is 17.0 Å². The summed E-state index contributed by atoms with van der Waals surface area (Å²) < 4.78 is 29.0. The lowest BCUT2D eigenvalue weighted by molar-refractivity contribution is 0.464. The minimum Gasteiger partial charge on any atom is -0.357 e. The van der Waals surface area contributed by atoms with Crippen molar-refractivity contribution in [2.75, 3.05) is 7.05 Å². The zero-order chi connectivity index (χ0) is 19.3. The van der Waals surface area contributed by atoms with Crippen LogP contribution in [0.2, 0.25) is 0 Å². The van der Waals surface area contributed by atoms with Gasteiger partial charge in [-0.1, -0.05) is 0 Å². The van der Waals surface area contributed by atoms with Crippen LogP contribution in [-0.2, 0) is 23.6 Å². The van der Waals surface area contributed by atoms with Crippen LogP contribution in [-0.4, -0.2) is 39.5 Å². The summed E-state index contributed by atoms with van der Waals surface area (Å²) in [5.41, 5.74) is 2.53. The third-order valence-electron chi connectivity index (χ3n) is 4.66. The van der Waals surface area contributed by atoms with E-state index in [2.05, 4.69) is 15.2 Å². The number of hydrogen-bond donors (Lipinski definition) is 2. The fourth-order valence-electron chi connectivity index (χ4n) is 3.23. The highest BCUT2D eigenvalue weighted by Gasteiger charge is 2.25. The van der Waals surface area contributed by atoms with E-state index in [0.717, 1.165) is 10.9 Å². The van der Waals surface area contributed by atoms with Crippen LogP contribution in [0, 0.1) is 6.92 Å². The molecular weight excluding hydrogens is 366 g/mol. The van der Waals surface area contributed by atoms with Gasteiger partial charge in [-0.05, 0) is 36.8 Å². The summed E-state index contributed by atoms with van der Waals surface area (Å²) >= 11 is 0. The fourth-order valence-corrected chi connectivity index (χ4v) is 4.63. The molecule has 8 nitrogen and oxygen atoms in total. The molecule has 0 saturated heterocycles. The van der Waals surface area contributed by atoms with Crippen LogP contribution in [0.5, 0.6) is 0 Å². The molecule has 0 fully saturated rings. The Labute approximate surface area is 155 Å². The second kappa shape index (κ2) is 6.07. The number of aromatic amines is 2. The van der Waals surface area contributed by atoms with Gasteiger partial charge < -0.3 is 9.55 Å². The van der Waals surface area contributed by atoms with Crippen LogP contribution in [0.25, 0.3) is 21.8 Å². The maximum absolute atomic E-state index is 13.1. The van der Waals surface area contributed by atoms with E-state index >= 15 is 0 Å². The minimum absolute atomic E-state index is 0.115. The zero-order valence-electron chi connectivity index (χ0n) is 15.1. The fraction of sp³-hybridized carbons (Fsp3) is 0.222. The lowest BCUT2D eigenvalue weighted by Gasteiger charge is -2.17. The van der Waals surface area contributed by atoms with E-state index in [9.17, 15) is 13.2 Å². The Kier molecular flexibility index (Phi) is 3.93. The number of pyridine rings is 1. The topological polar surface area (TPSA) is 104 Å². The number of rotatable bonds is 4. The van der Waals surface area contributed by atoms with E-state index in [0.29, 0.717) is 22.1 Å². The molecule has 0 unspecified atom stereocenters. The molecule has 0 aliphatic carbocycles. The smallest absolute Gasteiger partial charge is 0.259 e. The summed E-state index contributed by atoms with van der Waals surface area (Å²) in [5.74, 6) is 0. The molecule has 0 radical (unpaired) electrons. The van der Waals surface area contributed by atoms with Crippen LogP contribution in [0.3, 0.4) is 0 Å². The highest BCUT2D eigenvalue weighted by atomic mass is 32.2. The van der Waals surface area contributed by atoms with E-state index in [1.165, 1.54) is 15.9 Å². The monoisotopic (exact) mass is 385 g/mol. The number of fused-ring (bicyclic) bond motifs is 2. The van der Waals surface area contributed by atoms with Crippen LogP contribution in [0.1, 0.15) is 11.3 Å². The molecule has 0 saturated carbocycles. The summed E-state index contributed by atoms with van der Waals surface area (Å²) in [4.78, 5) is 15.5. The predicted octanol–water partition coefficient (Wildman–Crippen LogP) is 1.87. The van der Waals surface area contributed by atoms with Gasteiger partial charge in [-0.2, -0.15) is 9.40 Å². The van der Waals surface area contributed by atoms with Gasteiger partial charge in [0.25, 0.3) is 5.56 Å². The summed E-state index contributed by atoms with van der Waals surface area (Å²) in [6.07, 6.45) is 3.28. The molecule has 0 amide bonds. The molecule has 140 valence electrons. The Morgan fingerprint density at radius 3 is 2.81 bits per heavy atom. The van der Waals surface area contributed by atoms with Crippen LogP contribution >= 0.6 is 0 Å². The van der Waals surface area contributed by atoms with Crippen molar-refractivity contribution >= 4 is 31.8 Å². The highest BCUT2D eigenvalue weighted by Crippen LogP contribution is 2.26. The van der Waals surface area contributed by atoms with Crippen LogP contribution in [0.4, 0.5) is 0 Å². The summed E-state index contributed by atoms with van der Waals surface area (Å²) in [5, 5.41) is 8.00. The molecule has 4 rings (SSSR count). The summed E-state index contributed by atoms with van der Waals surface area (Å²) in [6, 6.07) is 7.01. The van der Waals surface area contributed by atoms with Gasteiger partial charge in [0, 0.05) is 31.4 Å². The molecule has 1 aromatic carbocycles. The van der Waals surface area contributed by atoms with Gasteiger partial charge >= 0.3 is 0 Å². The Bertz CT molecular complexity index is 1330. The number of nitrogens with zero attached hydrogens (tertiary/aromatic N) is 3. The van der Waals surface area contributed by atoms with Crippen molar-refractivity contribution in [3.8, 4) is 0 Å². The Hall–Kier alpha value is -2.91. The molecule has 0 bridgehead atoms. The molecule has 3 aromatic heterocycles. The third kappa shape index (κ3) is 2.84. The molecule has 3 heterocycles. The molecule has 2 N–H and O–H groups in total. The van der Waals surface area contributed by atoms with Gasteiger partial charge in [-0.3, -0.25) is 9.89 Å². The van der Waals surface area contributed by atoms with E-state index in [1.54, 1.807) is 37.6 Å². The largest absolute Gasteiger partial charge is 0.357 e. The SMILES string of the molecule is Cc1cc(S(=O)(=O)N(C)Cc2cc3c(=O)n(C)ccc3[nH]2)c2[nH]ncc2c1. The third-order valence-corrected chi connectivity index (χ3v) is 6.49. The highest BCUT2D eigenvalue weighted by molar-refractivity contribution is 7.89. The second-order valence-electron chi connectivity index (χ2n) is 6.71. The number of hydrogen-bond acceptors (Lipinski definition) is 4. The van der Waals surface area contributed by atoms with Gasteiger partial charge in [0.05, 0.1) is 29.2 Å². The molecule has 0 aliphatic heterocycles. The summed E-state index contributed by atoms with van der Waals surface area (Å²) in [6.45, 7) is 1.96. The molecule has 27 heavy (non-hydrogen) atoms. The molecular formula is C18H19N5O3S. The zero-order valence-corrected chi connectivity index (χ0v) is 16.0. The first kappa shape index (κ1) is 17.5. The van der Waals surface area contributed by atoms with Crippen molar-refractivity contribution in [2.45, 2.75) is 18.4 Å². The first-order valence-corrected chi connectivity index (χ1v) is 9.78. The first-order chi connectivity index (χ1) is 12.8. The predicted molar refractivity (Wildman–Crippen MR) is 103 cm³/mol. The molecule has 4 aromatic rings. The van der Waals surface area contributed by atoms with Gasteiger partial charge in [-0.25, -0.2) is 8.42 Å². The van der Waals surface area contributed by atoms with Gasteiger partial charge in [0.2, 0.25) is 10.0 Å². The second-order valence-corrected chi connectivity index (χ2v) is 8.73. The number of benzene rings is 1. The number of aromatic nitrogens is 4. The first-order valence-electron chi connectivity index (χ1n) is 8.34. The number of nitrogens with one attached hydrogen (secondary N) is 2. The maximum atomic E-state index is 13.1. The van der Waals surface area contributed by atoms with Crippen molar-refractivity contribution in [2.24, 2.45) is 7.05 Å². The molecule has 9 heteroatoms. The number of H-pyrrole nitrogens is 2. The van der Waals surface area contributed by atoms with E-state index in [4.69, 9.17) is 0 Å². The average molecular weight is 385 g/mol. The lowest BCUT2D eigenvalue weighted by atomic mass is 10.2. The lowest BCUT2D eigenvalue weighted by Crippen LogP contribution is -2.27. The van der Waals surface area contributed by atoms with Crippen molar-refractivity contribution < 1.29 is 8.42 Å². The Balaban J connectivity index is 1.73. The van der Waals surface area contributed by atoms with Crippen molar-refractivity contribution in [1.29, 1.82) is 0 Å². The van der Waals surface area contributed by atoms with E-state index in [1.807, 2.05) is 13.0 Å². The molecule has 0 atom stereocenters. The standard InChI is InChI=1S/C18H19N5O3S/c1-11-6-12-9-19-21-17(12)16(7-11)27(25,26)23(3)10-13-8-14-15(20-13)4-5-22(2)18(14)24/h4-9,20H,10H2,1-3H3,(H,19,21). The minimum atomic E-state index is -3.75. The van der Waals surface area contributed by atoms with Crippen LogP contribution < -0.4 is 5.56 Å². The van der Waals surface area contributed by atoms with Crippen molar-refractivity contribution in [3.05, 3.63) is 58.3 Å².